The van der Waals surface area contributed by atoms with Gasteiger partial charge in [0.15, 0.2) is 0 Å². The summed E-state index contributed by atoms with van der Waals surface area (Å²) >= 11 is 0. The molecule has 1 aromatic rings. The van der Waals surface area contributed by atoms with Crippen LogP contribution in [0.3, 0.4) is 0 Å². The van der Waals surface area contributed by atoms with Gasteiger partial charge in [-0.25, -0.2) is 0 Å². The Labute approximate surface area is 87.1 Å². The van der Waals surface area contributed by atoms with Crippen LogP contribution in [0.25, 0.3) is 12.2 Å². The summed E-state index contributed by atoms with van der Waals surface area (Å²) in [4.78, 5) is 0. The summed E-state index contributed by atoms with van der Waals surface area (Å²) in [5.74, 6) is 2.21. The van der Waals surface area contributed by atoms with E-state index in [4.69, 9.17) is 4.42 Å². The van der Waals surface area contributed by atoms with E-state index in [2.05, 4.69) is 27.0 Å². The van der Waals surface area contributed by atoms with Gasteiger partial charge >= 0.3 is 0 Å². The highest BCUT2D eigenvalue weighted by atomic mass is 16.3. The fraction of sp³-hybridized carbons (Fsp3) is 0.385. The third-order valence-electron chi connectivity index (χ3n) is 1.78. The first-order valence-electron chi connectivity index (χ1n) is 5.07. The van der Waals surface area contributed by atoms with Crippen molar-refractivity contribution in [1.82, 2.24) is 0 Å². The van der Waals surface area contributed by atoms with Gasteiger partial charge in [-0.2, -0.15) is 0 Å². The Kier molecular flexibility index (Phi) is 5.70. The third kappa shape index (κ3) is 2.91. The zero-order valence-corrected chi connectivity index (χ0v) is 9.63. The van der Waals surface area contributed by atoms with Crippen molar-refractivity contribution in [2.45, 2.75) is 33.6 Å². The standard InChI is InChI=1S/C11H14O.C2H6/c1-5-9-7-11(8(3)4)12-10(9)6-2;1-2/h5-8H,1-2H2,3-4H3;1-2H3. The van der Waals surface area contributed by atoms with Gasteiger partial charge in [0.25, 0.3) is 0 Å². The van der Waals surface area contributed by atoms with Crippen molar-refractivity contribution >= 4 is 12.2 Å². The van der Waals surface area contributed by atoms with Gasteiger partial charge < -0.3 is 4.42 Å². The minimum Gasteiger partial charge on any atom is -0.461 e. The lowest BCUT2D eigenvalue weighted by Gasteiger charge is -1.96. The van der Waals surface area contributed by atoms with E-state index in [-0.39, 0.29) is 0 Å². The average Bonchev–Trinajstić information content (AvgIpc) is 2.63. The molecule has 1 nitrogen and oxygen atoms in total. The second-order valence-corrected chi connectivity index (χ2v) is 3.03. The summed E-state index contributed by atoms with van der Waals surface area (Å²) < 4.78 is 5.53. The second-order valence-electron chi connectivity index (χ2n) is 3.03. The van der Waals surface area contributed by atoms with E-state index in [1.165, 1.54) is 0 Å². The lowest BCUT2D eigenvalue weighted by atomic mass is 10.1. The summed E-state index contributed by atoms with van der Waals surface area (Å²) in [6, 6.07) is 2.01. The van der Waals surface area contributed by atoms with Crippen LogP contribution in [-0.2, 0) is 0 Å². The molecule has 0 saturated heterocycles. The van der Waals surface area contributed by atoms with E-state index < -0.39 is 0 Å². The summed E-state index contributed by atoms with van der Waals surface area (Å²) in [5.41, 5.74) is 1.02. The van der Waals surface area contributed by atoms with Gasteiger partial charge in [-0.15, -0.1) is 0 Å². The minimum atomic E-state index is 0.414. The predicted molar refractivity (Wildman–Crippen MR) is 64.3 cm³/mol. The van der Waals surface area contributed by atoms with E-state index >= 15 is 0 Å². The summed E-state index contributed by atoms with van der Waals surface area (Å²) in [5, 5.41) is 0. The Morgan fingerprint density at radius 3 is 2.07 bits per heavy atom. The van der Waals surface area contributed by atoms with Gasteiger partial charge in [0.05, 0.1) is 0 Å². The van der Waals surface area contributed by atoms with Gasteiger partial charge in [-0.05, 0) is 12.1 Å². The molecule has 0 N–H and O–H groups in total. The van der Waals surface area contributed by atoms with Crippen LogP contribution in [-0.4, -0.2) is 0 Å². The van der Waals surface area contributed by atoms with Gasteiger partial charge in [0.1, 0.15) is 11.5 Å². The van der Waals surface area contributed by atoms with Crippen molar-refractivity contribution in [2.24, 2.45) is 0 Å². The molecule has 1 rings (SSSR count). The molecule has 1 aromatic heterocycles. The summed E-state index contributed by atoms with van der Waals surface area (Å²) in [6.45, 7) is 15.6. The lowest BCUT2D eigenvalue weighted by molar-refractivity contribution is 0.479. The summed E-state index contributed by atoms with van der Waals surface area (Å²) in [6.07, 6.45) is 3.50. The first kappa shape index (κ1) is 12.8. The molecule has 78 valence electrons. The molecular weight excluding hydrogens is 172 g/mol. The smallest absolute Gasteiger partial charge is 0.133 e. The molecule has 0 spiro atoms. The predicted octanol–water partition coefficient (Wildman–Crippen LogP) is 4.72. The van der Waals surface area contributed by atoms with Crippen LogP contribution >= 0.6 is 0 Å². The largest absolute Gasteiger partial charge is 0.461 e. The second kappa shape index (κ2) is 6.25. The maximum Gasteiger partial charge on any atom is 0.133 e. The topological polar surface area (TPSA) is 13.1 Å². The van der Waals surface area contributed by atoms with Gasteiger partial charge in [0.2, 0.25) is 0 Å². The van der Waals surface area contributed by atoms with Crippen molar-refractivity contribution in [3.8, 4) is 0 Å². The molecule has 14 heavy (non-hydrogen) atoms. The van der Waals surface area contributed by atoms with Crippen molar-refractivity contribution in [3.63, 3.8) is 0 Å². The summed E-state index contributed by atoms with van der Waals surface area (Å²) in [7, 11) is 0. The normalized spacial score (nSPS) is 9.21. The molecule has 0 amide bonds. The first-order valence-corrected chi connectivity index (χ1v) is 5.07. The van der Waals surface area contributed by atoms with Gasteiger partial charge in [-0.1, -0.05) is 46.9 Å². The number of rotatable bonds is 3. The number of hydrogen-bond acceptors (Lipinski definition) is 1. The fourth-order valence-electron chi connectivity index (χ4n) is 1.04. The number of hydrogen-bond donors (Lipinski definition) is 0. The Hall–Kier alpha value is -1.24. The van der Waals surface area contributed by atoms with Crippen molar-refractivity contribution in [2.75, 3.05) is 0 Å². The highest BCUT2D eigenvalue weighted by Gasteiger charge is 2.08. The highest BCUT2D eigenvalue weighted by Crippen LogP contribution is 2.23. The first-order chi connectivity index (χ1) is 6.69. The van der Waals surface area contributed by atoms with E-state index in [0.29, 0.717) is 5.92 Å². The van der Waals surface area contributed by atoms with Crippen LogP contribution in [0.4, 0.5) is 0 Å². The molecule has 0 unspecified atom stereocenters. The molecule has 0 fully saturated rings. The Morgan fingerprint density at radius 2 is 1.79 bits per heavy atom. The highest BCUT2D eigenvalue weighted by molar-refractivity contribution is 5.60. The van der Waals surface area contributed by atoms with Crippen molar-refractivity contribution in [1.29, 1.82) is 0 Å². The molecular formula is C13H20O. The Balaban J connectivity index is 0.000000791. The van der Waals surface area contributed by atoms with E-state index in [0.717, 1.165) is 17.1 Å². The maximum atomic E-state index is 5.53. The van der Waals surface area contributed by atoms with E-state index in [1.807, 2.05) is 19.9 Å². The SMILES string of the molecule is C=Cc1cc(C(C)C)oc1C=C.CC. The molecule has 0 radical (unpaired) electrons. The molecule has 0 bridgehead atoms. The zero-order chi connectivity index (χ0) is 11.1. The van der Waals surface area contributed by atoms with Crippen LogP contribution in [0.1, 0.15) is 50.7 Å². The van der Waals surface area contributed by atoms with Crippen molar-refractivity contribution in [3.05, 3.63) is 36.3 Å². The van der Waals surface area contributed by atoms with Crippen LogP contribution in [0.15, 0.2) is 23.6 Å². The van der Waals surface area contributed by atoms with Crippen molar-refractivity contribution < 1.29 is 4.42 Å². The van der Waals surface area contributed by atoms with Crippen LogP contribution in [0, 0.1) is 0 Å². The van der Waals surface area contributed by atoms with E-state index in [1.54, 1.807) is 12.2 Å². The van der Waals surface area contributed by atoms with Gasteiger partial charge in [-0.3, -0.25) is 0 Å². The molecule has 0 saturated carbocycles. The molecule has 0 aliphatic rings. The molecule has 0 aliphatic heterocycles. The molecule has 1 heterocycles. The monoisotopic (exact) mass is 192 g/mol. The van der Waals surface area contributed by atoms with Crippen LogP contribution in [0.2, 0.25) is 0 Å². The Morgan fingerprint density at radius 1 is 1.21 bits per heavy atom. The molecule has 0 atom stereocenters. The maximum absolute atomic E-state index is 5.53. The molecule has 0 aromatic carbocycles. The fourth-order valence-corrected chi connectivity index (χ4v) is 1.04. The minimum absolute atomic E-state index is 0.414. The Bertz CT molecular complexity index is 267. The quantitative estimate of drug-likeness (QED) is 0.675. The molecule has 0 aliphatic carbocycles. The average molecular weight is 192 g/mol. The number of furan rings is 1. The van der Waals surface area contributed by atoms with Crippen LogP contribution < -0.4 is 0 Å². The van der Waals surface area contributed by atoms with E-state index in [9.17, 15) is 0 Å². The van der Waals surface area contributed by atoms with Crippen LogP contribution in [0.5, 0.6) is 0 Å². The third-order valence-corrected chi connectivity index (χ3v) is 1.78. The van der Waals surface area contributed by atoms with Gasteiger partial charge in [0, 0.05) is 11.5 Å². The zero-order valence-electron chi connectivity index (χ0n) is 9.63. The molecule has 1 heteroatoms. The lowest BCUT2D eigenvalue weighted by Crippen LogP contribution is -1.80.